The minimum absolute atomic E-state index is 0.0221. The highest BCUT2D eigenvalue weighted by Crippen LogP contribution is 2.20. The first-order valence-corrected chi connectivity index (χ1v) is 12.2. The Labute approximate surface area is 182 Å². The van der Waals surface area contributed by atoms with Gasteiger partial charge in [0, 0.05) is 25.8 Å². The maximum absolute atomic E-state index is 13.0. The molecule has 7 heteroatoms. The summed E-state index contributed by atoms with van der Waals surface area (Å²) in [6.07, 6.45) is 9.06. The first kappa shape index (κ1) is 22.8. The lowest BCUT2D eigenvalue weighted by Crippen LogP contribution is -2.36. The van der Waals surface area contributed by atoms with Crippen LogP contribution in [0.2, 0.25) is 0 Å². The summed E-state index contributed by atoms with van der Waals surface area (Å²) < 4.78 is 7.11. The minimum Gasteiger partial charge on any atom is -0.382 e. The van der Waals surface area contributed by atoms with Crippen LogP contribution in [0.15, 0.2) is 34.2 Å². The molecule has 1 saturated carbocycles. The van der Waals surface area contributed by atoms with E-state index in [2.05, 4.69) is 10.3 Å². The summed E-state index contributed by atoms with van der Waals surface area (Å²) in [5.74, 6) is 0.293. The highest BCUT2D eigenvalue weighted by Gasteiger charge is 2.16. The van der Waals surface area contributed by atoms with Crippen LogP contribution in [0.25, 0.3) is 10.9 Å². The third-order valence-electron chi connectivity index (χ3n) is 5.50. The minimum atomic E-state index is -0.0555. The first-order valence-electron chi connectivity index (χ1n) is 11.2. The number of carbonyl (C=O) groups is 1. The van der Waals surface area contributed by atoms with Crippen LogP contribution < -0.4 is 10.9 Å². The molecule has 0 saturated heterocycles. The van der Waals surface area contributed by atoms with Gasteiger partial charge in [-0.05, 0) is 38.3 Å². The third-order valence-corrected chi connectivity index (χ3v) is 6.48. The zero-order valence-electron chi connectivity index (χ0n) is 17.9. The van der Waals surface area contributed by atoms with Crippen LogP contribution in [0.4, 0.5) is 0 Å². The molecule has 0 aliphatic heterocycles. The number of fused-ring (bicyclic) bond motifs is 1. The molecule has 1 fully saturated rings. The van der Waals surface area contributed by atoms with Gasteiger partial charge >= 0.3 is 0 Å². The number of nitrogens with one attached hydrogen (secondary N) is 1. The zero-order valence-corrected chi connectivity index (χ0v) is 18.7. The molecular weight excluding hydrogens is 398 g/mol. The van der Waals surface area contributed by atoms with Crippen LogP contribution >= 0.6 is 11.8 Å². The van der Waals surface area contributed by atoms with Crippen molar-refractivity contribution in [3.05, 3.63) is 34.6 Å². The van der Waals surface area contributed by atoms with Crippen molar-refractivity contribution in [3.8, 4) is 0 Å². The molecule has 0 radical (unpaired) electrons. The molecule has 0 bridgehead atoms. The molecule has 1 amide bonds. The average molecular weight is 432 g/mol. The standard InChI is InChI=1S/C23H33N3O3S/c1-2-29-16-10-15-26-22(28)19-13-8-9-14-20(19)25-23(26)30-17-21(27)24-18-11-6-4-3-5-7-12-18/h8-9,13-14,18H,2-7,10-12,15-17H2,1H3,(H,24,27). The highest BCUT2D eigenvalue weighted by molar-refractivity contribution is 7.99. The van der Waals surface area contributed by atoms with Crippen molar-refractivity contribution < 1.29 is 9.53 Å². The number of para-hydroxylation sites is 1. The summed E-state index contributed by atoms with van der Waals surface area (Å²) in [4.78, 5) is 30.3. The van der Waals surface area contributed by atoms with Crippen LogP contribution in [-0.4, -0.2) is 40.5 Å². The van der Waals surface area contributed by atoms with E-state index in [9.17, 15) is 9.59 Å². The van der Waals surface area contributed by atoms with Gasteiger partial charge in [-0.15, -0.1) is 0 Å². The van der Waals surface area contributed by atoms with Gasteiger partial charge in [-0.2, -0.15) is 0 Å². The van der Waals surface area contributed by atoms with Gasteiger partial charge in [-0.25, -0.2) is 4.98 Å². The van der Waals surface area contributed by atoms with Gasteiger partial charge in [0.2, 0.25) is 5.91 Å². The van der Waals surface area contributed by atoms with Crippen LogP contribution in [0.1, 0.15) is 58.3 Å². The van der Waals surface area contributed by atoms with Crippen LogP contribution in [-0.2, 0) is 16.1 Å². The quantitative estimate of drug-likeness (QED) is 0.367. The lowest BCUT2D eigenvalue weighted by molar-refractivity contribution is -0.119. The Hall–Kier alpha value is -1.86. The molecule has 1 aromatic carbocycles. The molecule has 30 heavy (non-hydrogen) atoms. The predicted octanol–water partition coefficient (Wildman–Crippen LogP) is 4.14. The SMILES string of the molecule is CCOCCCn1c(SCC(=O)NC2CCCCCCC2)nc2ccccc2c1=O. The third kappa shape index (κ3) is 6.57. The van der Waals surface area contributed by atoms with E-state index in [1.54, 1.807) is 10.6 Å². The van der Waals surface area contributed by atoms with Crippen molar-refractivity contribution in [2.45, 2.75) is 76.0 Å². The van der Waals surface area contributed by atoms with Crippen molar-refractivity contribution in [1.82, 2.24) is 14.9 Å². The topological polar surface area (TPSA) is 73.2 Å². The highest BCUT2D eigenvalue weighted by atomic mass is 32.2. The number of rotatable bonds is 9. The van der Waals surface area contributed by atoms with E-state index in [1.807, 2.05) is 25.1 Å². The largest absolute Gasteiger partial charge is 0.382 e. The Balaban J connectivity index is 1.68. The number of carbonyl (C=O) groups excluding carboxylic acids is 1. The van der Waals surface area contributed by atoms with Crippen LogP contribution in [0.5, 0.6) is 0 Å². The molecule has 2 aromatic rings. The van der Waals surface area contributed by atoms with E-state index >= 15 is 0 Å². The first-order chi connectivity index (χ1) is 14.7. The molecule has 0 spiro atoms. The molecular formula is C23H33N3O3S. The lowest BCUT2D eigenvalue weighted by Gasteiger charge is -2.21. The van der Waals surface area contributed by atoms with Crippen molar-refractivity contribution in [1.29, 1.82) is 0 Å². The predicted molar refractivity (Wildman–Crippen MR) is 122 cm³/mol. The summed E-state index contributed by atoms with van der Waals surface area (Å²) in [5, 5.41) is 4.40. The Morgan fingerprint density at radius 2 is 1.93 bits per heavy atom. The fourth-order valence-electron chi connectivity index (χ4n) is 3.92. The van der Waals surface area contributed by atoms with Crippen molar-refractivity contribution >= 4 is 28.6 Å². The maximum Gasteiger partial charge on any atom is 0.262 e. The average Bonchev–Trinajstić information content (AvgIpc) is 2.73. The molecule has 1 aliphatic rings. The van der Waals surface area contributed by atoms with Gasteiger partial charge in [-0.3, -0.25) is 14.2 Å². The van der Waals surface area contributed by atoms with E-state index in [1.165, 1.54) is 43.9 Å². The van der Waals surface area contributed by atoms with E-state index in [4.69, 9.17) is 4.74 Å². The Morgan fingerprint density at radius 3 is 2.70 bits per heavy atom. The molecule has 3 rings (SSSR count). The van der Waals surface area contributed by atoms with Crippen molar-refractivity contribution in [2.24, 2.45) is 0 Å². The molecule has 6 nitrogen and oxygen atoms in total. The molecule has 0 atom stereocenters. The number of thioether (sulfide) groups is 1. The van der Waals surface area contributed by atoms with E-state index in [0.29, 0.717) is 35.8 Å². The summed E-state index contributed by atoms with van der Waals surface area (Å²) >= 11 is 1.34. The maximum atomic E-state index is 13.0. The Bertz CT molecular complexity index is 876. The second kappa shape index (κ2) is 12.1. The number of hydrogen-bond acceptors (Lipinski definition) is 5. The number of ether oxygens (including phenoxy) is 1. The second-order valence-electron chi connectivity index (χ2n) is 7.82. The summed E-state index contributed by atoms with van der Waals surface area (Å²) in [6.45, 7) is 3.75. The monoisotopic (exact) mass is 431 g/mol. The lowest BCUT2D eigenvalue weighted by atomic mass is 9.97. The summed E-state index contributed by atoms with van der Waals surface area (Å²) in [7, 11) is 0. The van der Waals surface area contributed by atoms with Crippen LogP contribution in [0.3, 0.4) is 0 Å². The van der Waals surface area contributed by atoms with Gasteiger partial charge in [0.05, 0.1) is 16.7 Å². The van der Waals surface area contributed by atoms with Gasteiger partial charge in [0.1, 0.15) is 0 Å². The fraction of sp³-hybridized carbons (Fsp3) is 0.609. The second-order valence-corrected chi connectivity index (χ2v) is 8.76. The zero-order chi connectivity index (χ0) is 21.2. The summed E-state index contributed by atoms with van der Waals surface area (Å²) in [5.41, 5.74) is 0.617. The Kier molecular flexibility index (Phi) is 9.21. The van der Waals surface area contributed by atoms with Crippen molar-refractivity contribution in [2.75, 3.05) is 19.0 Å². The molecule has 1 aliphatic carbocycles. The van der Waals surface area contributed by atoms with Gasteiger partial charge in [0.15, 0.2) is 5.16 Å². The number of hydrogen-bond donors (Lipinski definition) is 1. The molecule has 1 aromatic heterocycles. The van der Waals surface area contributed by atoms with E-state index < -0.39 is 0 Å². The molecule has 1 heterocycles. The normalized spacial score (nSPS) is 15.6. The number of nitrogens with zero attached hydrogens (tertiary/aromatic N) is 2. The fourth-order valence-corrected chi connectivity index (χ4v) is 4.76. The van der Waals surface area contributed by atoms with Gasteiger partial charge in [-0.1, -0.05) is 56.0 Å². The number of benzene rings is 1. The van der Waals surface area contributed by atoms with Crippen molar-refractivity contribution in [3.63, 3.8) is 0 Å². The van der Waals surface area contributed by atoms with E-state index in [-0.39, 0.29) is 23.3 Å². The van der Waals surface area contributed by atoms with Gasteiger partial charge < -0.3 is 10.1 Å². The molecule has 1 N–H and O–H groups in total. The van der Waals surface area contributed by atoms with E-state index in [0.717, 1.165) is 19.3 Å². The molecule has 164 valence electrons. The summed E-state index contributed by atoms with van der Waals surface area (Å²) in [6, 6.07) is 7.66. The smallest absolute Gasteiger partial charge is 0.262 e. The van der Waals surface area contributed by atoms with Gasteiger partial charge in [0.25, 0.3) is 5.56 Å². The number of aromatic nitrogens is 2. The molecule has 0 unspecified atom stereocenters. The van der Waals surface area contributed by atoms with Crippen LogP contribution in [0, 0.1) is 0 Å². The Morgan fingerprint density at radius 1 is 1.20 bits per heavy atom. The number of amides is 1.